The lowest BCUT2D eigenvalue weighted by molar-refractivity contribution is -0.132. The topological polar surface area (TPSA) is 48.1 Å². The zero-order valence-electron chi connectivity index (χ0n) is 12.1. The van der Waals surface area contributed by atoms with E-state index in [0.29, 0.717) is 18.4 Å². The van der Waals surface area contributed by atoms with Gasteiger partial charge in [0.2, 0.25) is 5.91 Å². The van der Waals surface area contributed by atoms with Crippen molar-refractivity contribution in [2.75, 3.05) is 13.1 Å². The molecule has 0 saturated carbocycles. The first kappa shape index (κ1) is 13.7. The predicted molar refractivity (Wildman–Crippen MR) is 79.4 cm³/mol. The molecule has 2 aliphatic rings. The summed E-state index contributed by atoms with van der Waals surface area (Å²) in [5.74, 6) is 0.328. The minimum absolute atomic E-state index is 0.275. The fraction of sp³-hybridized carbons (Fsp3) is 0.688. The molecule has 0 aliphatic carbocycles. The van der Waals surface area contributed by atoms with Crippen molar-refractivity contribution >= 4 is 5.91 Å². The van der Waals surface area contributed by atoms with Gasteiger partial charge in [0, 0.05) is 30.9 Å². The SMILES string of the molecule is O=C(CCC1CCCCN1)N1CCCC1c1ccc[nH]1. The number of carbonyl (C=O) groups excluding carboxylic acids is 1. The lowest BCUT2D eigenvalue weighted by Gasteiger charge is -2.27. The summed E-state index contributed by atoms with van der Waals surface area (Å²) in [7, 11) is 0. The Morgan fingerprint density at radius 2 is 2.25 bits per heavy atom. The number of rotatable bonds is 4. The third kappa shape index (κ3) is 3.06. The molecule has 0 aromatic carbocycles. The molecule has 0 bridgehead atoms. The van der Waals surface area contributed by atoms with Crippen LogP contribution in [0.3, 0.4) is 0 Å². The molecule has 2 unspecified atom stereocenters. The van der Waals surface area contributed by atoms with Crippen LogP contribution >= 0.6 is 0 Å². The molecule has 0 radical (unpaired) electrons. The van der Waals surface area contributed by atoms with Crippen molar-refractivity contribution in [3.05, 3.63) is 24.0 Å². The number of aromatic nitrogens is 1. The number of piperidine rings is 1. The lowest BCUT2D eigenvalue weighted by atomic mass is 10.00. The molecule has 20 heavy (non-hydrogen) atoms. The van der Waals surface area contributed by atoms with Crippen molar-refractivity contribution in [2.24, 2.45) is 0 Å². The largest absolute Gasteiger partial charge is 0.363 e. The van der Waals surface area contributed by atoms with Crippen LogP contribution in [-0.4, -0.2) is 34.9 Å². The monoisotopic (exact) mass is 275 g/mol. The standard InChI is InChI=1S/C16H25N3O/c20-16(9-8-13-5-1-2-10-17-13)19-12-4-7-15(19)14-6-3-11-18-14/h3,6,11,13,15,17-18H,1-2,4-5,7-10,12H2. The van der Waals surface area contributed by atoms with Crippen LogP contribution in [0.1, 0.15) is 56.7 Å². The third-order valence-electron chi connectivity index (χ3n) is 4.67. The van der Waals surface area contributed by atoms with E-state index in [1.54, 1.807) is 0 Å². The summed E-state index contributed by atoms with van der Waals surface area (Å²) < 4.78 is 0. The van der Waals surface area contributed by atoms with Gasteiger partial charge in [0.05, 0.1) is 6.04 Å². The number of carbonyl (C=O) groups is 1. The molecule has 2 atom stereocenters. The Hall–Kier alpha value is -1.29. The first-order valence-electron chi connectivity index (χ1n) is 8.01. The van der Waals surface area contributed by atoms with Crippen molar-refractivity contribution in [3.63, 3.8) is 0 Å². The molecule has 2 N–H and O–H groups in total. The number of hydrogen-bond donors (Lipinski definition) is 2. The van der Waals surface area contributed by atoms with Gasteiger partial charge in [-0.15, -0.1) is 0 Å². The number of nitrogens with zero attached hydrogens (tertiary/aromatic N) is 1. The Bertz CT molecular complexity index is 423. The maximum Gasteiger partial charge on any atom is 0.223 e. The zero-order valence-corrected chi connectivity index (χ0v) is 12.1. The molecule has 4 heteroatoms. The molecule has 0 spiro atoms. The molecular weight excluding hydrogens is 250 g/mol. The van der Waals surface area contributed by atoms with Crippen LogP contribution in [0.25, 0.3) is 0 Å². The van der Waals surface area contributed by atoms with Gasteiger partial charge in [-0.1, -0.05) is 6.42 Å². The maximum absolute atomic E-state index is 12.5. The molecule has 2 aliphatic heterocycles. The van der Waals surface area contributed by atoms with Gasteiger partial charge in [-0.05, 0) is 50.8 Å². The highest BCUT2D eigenvalue weighted by Gasteiger charge is 2.30. The minimum Gasteiger partial charge on any atom is -0.363 e. The lowest BCUT2D eigenvalue weighted by Crippen LogP contribution is -2.36. The number of hydrogen-bond acceptors (Lipinski definition) is 2. The predicted octanol–water partition coefficient (Wildman–Crippen LogP) is 2.60. The molecule has 3 heterocycles. The van der Waals surface area contributed by atoms with Gasteiger partial charge in [-0.2, -0.15) is 0 Å². The van der Waals surface area contributed by atoms with E-state index in [0.717, 1.165) is 32.4 Å². The average Bonchev–Trinajstić information content (AvgIpc) is 3.15. The summed E-state index contributed by atoms with van der Waals surface area (Å²) in [6.07, 6.45) is 9.66. The molecule has 1 amide bonds. The zero-order chi connectivity index (χ0) is 13.8. The Morgan fingerprint density at radius 1 is 1.30 bits per heavy atom. The fourth-order valence-corrected chi connectivity index (χ4v) is 3.55. The van der Waals surface area contributed by atoms with E-state index in [4.69, 9.17) is 0 Å². The van der Waals surface area contributed by atoms with Crippen molar-refractivity contribution < 1.29 is 4.79 Å². The summed E-state index contributed by atoms with van der Waals surface area (Å²) in [6, 6.07) is 4.94. The van der Waals surface area contributed by atoms with Gasteiger partial charge in [0.25, 0.3) is 0 Å². The number of nitrogens with one attached hydrogen (secondary N) is 2. The van der Waals surface area contributed by atoms with Crippen LogP contribution in [0.5, 0.6) is 0 Å². The van der Waals surface area contributed by atoms with E-state index >= 15 is 0 Å². The van der Waals surface area contributed by atoms with Crippen LogP contribution in [0.4, 0.5) is 0 Å². The quantitative estimate of drug-likeness (QED) is 0.887. The van der Waals surface area contributed by atoms with E-state index in [1.165, 1.54) is 25.0 Å². The van der Waals surface area contributed by atoms with Crippen LogP contribution in [0, 0.1) is 0 Å². The van der Waals surface area contributed by atoms with Crippen LogP contribution in [0.15, 0.2) is 18.3 Å². The van der Waals surface area contributed by atoms with Crippen molar-refractivity contribution in [2.45, 2.75) is 57.0 Å². The minimum atomic E-state index is 0.275. The molecule has 110 valence electrons. The van der Waals surface area contributed by atoms with Crippen LogP contribution in [0.2, 0.25) is 0 Å². The first-order chi connectivity index (χ1) is 9.84. The van der Waals surface area contributed by atoms with Crippen molar-refractivity contribution in [1.82, 2.24) is 15.2 Å². The highest BCUT2D eigenvalue weighted by atomic mass is 16.2. The number of amides is 1. The summed E-state index contributed by atoms with van der Waals surface area (Å²) in [4.78, 5) is 17.8. The second kappa shape index (κ2) is 6.44. The van der Waals surface area contributed by atoms with Crippen molar-refractivity contribution in [3.8, 4) is 0 Å². The second-order valence-corrected chi connectivity index (χ2v) is 6.06. The third-order valence-corrected chi connectivity index (χ3v) is 4.67. The number of H-pyrrole nitrogens is 1. The van der Waals surface area contributed by atoms with Gasteiger partial charge >= 0.3 is 0 Å². The normalized spacial score (nSPS) is 26.9. The van der Waals surface area contributed by atoms with Crippen LogP contribution < -0.4 is 5.32 Å². The van der Waals surface area contributed by atoms with Crippen molar-refractivity contribution in [1.29, 1.82) is 0 Å². The molecule has 1 aromatic rings. The van der Waals surface area contributed by atoms with E-state index < -0.39 is 0 Å². The Balaban J connectivity index is 1.53. The summed E-state index contributed by atoms with van der Waals surface area (Å²) in [5.41, 5.74) is 1.19. The Labute approximate surface area is 120 Å². The van der Waals surface area contributed by atoms with Gasteiger partial charge in [0.1, 0.15) is 0 Å². The van der Waals surface area contributed by atoms with E-state index in [1.807, 2.05) is 12.3 Å². The summed E-state index contributed by atoms with van der Waals surface area (Å²) in [5, 5.41) is 3.53. The van der Waals surface area contributed by atoms with E-state index in [9.17, 15) is 4.79 Å². The highest BCUT2D eigenvalue weighted by Crippen LogP contribution is 2.31. The summed E-state index contributed by atoms with van der Waals surface area (Å²) in [6.45, 7) is 2.04. The maximum atomic E-state index is 12.5. The molecule has 4 nitrogen and oxygen atoms in total. The van der Waals surface area contributed by atoms with Gasteiger partial charge in [-0.25, -0.2) is 0 Å². The number of likely N-dealkylation sites (tertiary alicyclic amines) is 1. The fourth-order valence-electron chi connectivity index (χ4n) is 3.55. The molecule has 3 rings (SSSR count). The number of aromatic amines is 1. The van der Waals surface area contributed by atoms with E-state index in [-0.39, 0.29) is 6.04 Å². The van der Waals surface area contributed by atoms with Gasteiger partial charge in [-0.3, -0.25) is 4.79 Å². The smallest absolute Gasteiger partial charge is 0.223 e. The highest BCUT2D eigenvalue weighted by molar-refractivity contribution is 5.77. The first-order valence-corrected chi connectivity index (χ1v) is 8.01. The van der Waals surface area contributed by atoms with E-state index in [2.05, 4.69) is 21.3 Å². The van der Waals surface area contributed by atoms with Gasteiger partial charge < -0.3 is 15.2 Å². The Kier molecular flexibility index (Phi) is 4.41. The van der Waals surface area contributed by atoms with Gasteiger partial charge in [0.15, 0.2) is 0 Å². The molecular formula is C16H25N3O. The average molecular weight is 275 g/mol. The van der Waals surface area contributed by atoms with Crippen LogP contribution in [-0.2, 0) is 4.79 Å². The Morgan fingerprint density at radius 3 is 3.00 bits per heavy atom. The summed E-state index contributed by atoms with van der Waals surface area (Å²) >= 11 is 0. The second-order valence-electron chi connectivity index (χ2n) is 6.06. The molecule has 2 saturated heterocycles. The molecule has 1 aromatic heterocycles. The molecule has 2 fully saturated rings.